The van der Waals surface area contributed by atoms with Gasteiger partial charge in [-0.1, -0.05) is 30.1 Å². The van der Waals surface area contributed by atoms with E-state index in [1.807, 2.05) is 12.1 Å². The summed E-state index contributed by atoms with van der Waals surface area (Å²) in [5.74, 6) is 0.432. The molecule has 1 saturated heterocycles. The Bertz CT molecular complexity index is 477. The number of benzene rings is 1. The van der Waals surface area contributed by atoms with Crippen molar-refractivity contribution in [3.63, 3.8) is 0 Å². The lowest BCUT2D eigenvalue weighted by atomic mass is 10.00. The molecule has 1 aliphatic heterocycles. The molecule has 2 nitrogen and oxygen atoms in total. The highest BCUT2D eigenvalue weighted by Gasteiger charge is 2.37. The van der Waals surface area contributed by atoms with Gasteiger partial charge in [0, 0.05) is 29.2 Å². The second kappa shape index (κ2) is 4.68. The first-order chi connectivity index (χ1) is 8.56. The number of aliphatic hydroxyl groups excluding tert-OH is 1. The normalized spacial score (nSPS) is 31.9. The van der Waals surface area contributed by atoms with Gasteiger partial charge in [0.25, 0.3) is 0 Å². The van der Waals surface area contributed by atoms with Crippen LogP contribution in [0.3, 0.4) is 0 Å². The second-order valence-electron chi connectivity index (χ2n) is 5.45. The van der Waals surface area contributed by atoms with Gasteiger partial charge in [0.1, 0.15) is 0 Å². The summed E-state index contributed by atoms with van der Waals surface area (Å²) in [6.45, 7) is 4.00. The zero-order valence-electron chi connectivity index (χ0n) is 10.4. The molecule has 0 spiro atoms. The molecule has 1 aliphatic carbocycles. The van der Waals surface area contributed by atoms with E-state index >= 15 is 0 Å². The Balaban J connectivity index is 1.89. The third-order valence-electron chi connectivity index (χ3n) is 4.34. The van der Waals surface area contributed by atoms with Crippen LogP contribution in [0.5, 0.6) is 0 Å². The molecular formula is C14H17Cl2NO. The van der Waals surface area contributed by atoms with Crippen molar-refractivity contribution in [2.45, 2.75) is 37.8 Å². The maximum atomic E-state index is 9.67. The van der Waals surface area contributed by atoms with Crippen LogP contribution in [0.15, 0.2) is 12.1 Å². The van der Waals surface area contributed by atoms with Crippen LogP contribution in [0.4, 0.5) is 0 Å². The average Bonchev–Trinajstić information content (AvgIpc) is 2.85. The molecule has 0 aromatic heterocycles. The van der Waals surface area contributed by atoms with Gasteiger partial charge in [0.05, 0.1) is 6.10 Å². The predicted molar refractivity (Wildman–Crippen MR) is 74.6 cm³/mol. The van der Waals surface area contributed by atoms with Crippen LogP contribution in [0.2, 0.25) is 10.0 Å². The summed E-state index contributed by atoms with van der Waals surface area (Å²) in [4.78, 5) is 2.39. The zero-order valence-corrected chi connectivity index (χ0v) is 11.9. The molecule has 0 bridgehead atoms. The van der Waals surface area contributed by atoms with Crippen LogP contribution < -0.4 is 0 Å². The van der Waals surface area contributed by atoms with Gasteiger partial charge in [-0.15, -0.1) is 0 Å². The molecule has 98 valence electrons. The van der Waals surface area contributed by atoms with Gasteiger partial charge in [0.15, 0.2) is 0 Å². The van der Waals surface area contributed by atoms with E-state index in [0.717, 1.165) is 31.0 Å². The molecule has 1 fully saturated rings. The SMILES string of the molecule is C[C@H]1c2cc(Cl)cc(Cl)c2C[C@@H]1N1CC[C@@H](O)C1. The van der Waals surface area contributed by atoms with Crippen molar-refractivity contribution in [3.05, 3.63) is 33.3 Å². The summed E-state index contributed by atoms with van der Waals surface area (Å²) >= 11 is 12.4. The molecule has 2 aliphatic rings. The minimum atomic E-state index is -0.167. The first-order valence-corrected chi connectivity index (χ1v) is 7.22. The Morgan fingerprint density at radius 1 is 1.33 bits per heavy atom. The molecule has 0 saturated carbocycles. The largest absolute Gasteiger partial charge is 0.392 e. The molecule has 1 N–H and O–H groups in total. The maximum Gasteiger partial charge on any atom is 0.0679 e. The first-order valence-electron chi connectivity index (χ1n) is 6.46. The number of hydrogen-bond donors (Lipinski definition) is 1. The summed E-state index contributed by atoms with van der Waals surface area (Å²) in [5.41, 5.74) is 2.51. The lowest BCUT2D eigenvalue weighted by Crippen LogP contribution is -2.36. The number of likely N-dealkylation sites (tertiary alicyclic amines) is 1. The Kier molecular flexibility index (Phi) is 3.31. The van der Waals surface area contributed by atoms with Gasteiger partial charge in [0.2, 0.25) is 0 Å². The number of rotatable bonds is 1. The summed E-state index contributed by atoms with van der Waals surface area (Å²) < 4.78 is 0. The van der Waals surface area contributed by atoms with E-state index in [4.69, 9.17) is 23.2 Å². The van der Waals surface area contributed by atoms with Crippen LogP contribution in [0.25, 0.3) is 0 Å². The minimum absolute atomic E-state index is 0.167. The van der Waals surface area contributed by atoms with Crippen molar-refractivity contribution in [2.75, 3.05) is 13.1 Å². The van der Waals surface area contributed by atoms with E-state index in [9.17, 15) is 5.11 Å². The third-order valence-corrected chi connectivity index (χ3v) is 4.89. The first kappa shape index (κ1) is 12.7. The number of halogens is 2. The van der Waals surface area contributed by atoms with E-state index in [2.05, 4.69) is 11.8 Å². The van der Waals surface area contributed by atoms with Gasteiger partial charge >= 0.3 is 0 Å². The van der Waals surface area contributed by atoms with Crippen LogP contribution in [0.1, 0.15) is 30.4 Å². The van der Waals surface area contributed by atoms with Crippen molar-refractivity contribution >= 4 is 23.2 Å². The van der Waals surface area contributed by atoms with E-state index in [0.29, 0.717) is 17.0 Å². The van der Waals surface area contributed by atoms with Crippen molar-refractivity contribution < 1.29 is 5.11 Å². The third kappa shape index (κ3) is 2.05. The van der Waals surface area contributed by atoms with Gasteiger partial charge in [-0.3, -0.25) is 4.90 Å². The quantitative estimate of drug-likeness (QED) is 0.857. The van der Waals surface area contributed by atoms with Gasteiger partial charge in [-0.2, -0.15) is 0 Å². The van der Waals surface area contributed by atoms with Crippen molar-refractivity contribution in [1.29, 1.82) is 0 Å². The molecule has 3 atom stereocenters. The van der Waals surface area contributed by atoms with Crippen LogP contribution in [0, 0.1) is 0 Å². The Morgan fingerprint density at radius 2 is 2.11 bits per heavy atom. The van der Waals surface area contributed by atoms with Crippen LogP contribution in [-0.2, 0) is 6.42 Å². The van der Waals surface area contributed by atoms with Crippen LogP contribution in [-0.4, -0.2) is 35.2 Å². The lowest BCUT2D eigenvalue weighted by molar-refractivity contribution is 0.154. The summed E-state index contributed by atoms with van der Waals surface area (Å²) in [7, 11) is 0. The molecule has 0 unspecified atom stereocenters. The molecule has 0 radical (unpaired) electrons. The highest BCUT2D eigenvalue weighted by molar-refractivity contribution is 6.35. The smallest absolute Gasteiger partial charge is 0.0679 e. The monoisotopic (exact) mass is 285 g/mol. The Labute approximate surface area is 117 Å². The van der Waals surface area contributed by atoms with E-state index in [1.54, 1.807) is 0 Å². The molecule has 1 aromatic rings. The minimum Gasteiger partial charge on any atom is -0.392 e. The fraction of sp³-hybridized carbons (Fsp3) is 0.571. The van der Waals surface area contributed by atoms with Crippen molar-refractivity contribution in [2.24, 2.45) is 0 Å². The summed E-state index contributed by atoms with van der Waals surface area (Å²) in [6.07, 6.45) is 1.69. The van der Waals surface area contributed by atoms with Crippen molar-refractivity contribution in [1.82, 2.24) is 4.90 Å². The lowest BCUT2D eigenvalue weighted by Gasteiger charge is -2.27. The van der Waals surface area contributed by atoms with Crippen LogP contribution >= 0.6 is 23.2 Å². The number of fused-ring (bicyclic) bond motifs is 1. The molecule has 3 rings (SSSR count). The predicted octanol–water partition coefficient (Wildman–Crippen LogP) is 3.09. The highest BCUT2D eigenvalue weighted by atomic mass is 35.5. The molecule has 1 heterocycles. The van der Waals surface area contributed by atoms with Gasteiger partial charge in [-0.05, 0) is 42.0 Å². The van der Waals surface area contributed by atoms with E-state index < -0.39 is 0 Å². The van der Waals surface area contributed by atoms with E-state index in [1.165, 1.54) is 11.1 Å². The number of aliphatic hydroxyl groups is 1. The van der Waals surface area contributed by atoms with Crippen molar-refractivity contribution in [3.8, 4) is 0 Å². The summed E-state index contributed by atoms with van der Waals surface area (Å²) in [6, 6.07) is 4.32. The Morgan fingerprint density at radius 3 is 2.78 bits per heavy atom. The molecular weight excluding hydrogens is 269 g/mol. The number of β-amino-alcohol motifs (C(OH)–C–C–N with tert-alkyl or cyclic N) is 1. The standard InChI is InChI=1S/C14H17Cl2NO/c1-8-11-4-9(15)5-13(16)12(11)6-14(8)17-3-2-10(18)7-17/h4-5,8,10,14,18H,2-3,6-7H2,1H3/t8-,10+,14-/m0/s1. The zero-order chi connectivity index (χ0) is 12.9. The second-order valence-corrected chi connectivity index (χ2v) is 6.30. The Hall–Kier alpha value is -0.280. The van der Waals surface area contributed by atoms with Gasteiger partial charge in [-0.25, -0.2) is 0 Å². The topological polar surface area (TPSA) is 23.5 Å². The summed E-state index contributed by atoms with van der Waals surface area (Å²) in [5, 5.41) is 11.2. The van der Waals surface area contributed by atoms with Gasteiger partial charge < -0.3 is 5.11 Å². The molecule has 18 heavy (non-hydrogen) atoms. The molecule has 4 heteroatoms. The fourth-order valence-corrected chi connectivity index (χ4v) is 3.94. The molecule has 1 aromatic carbocycles. The maximum absolute atomic E-state index is 9.67. The number of nitrogens with zero attached hydrogens (tertiary/aromatic N) is 1. The molecule has 0 amide bonds. The average molecular weight is 286 g/mol. The fourth-order valence-electron chi connectivity index (χ4n) is 3.35. The highest BCUT2D eigenvalue weighted by Crippen LogP contribution is 2.41. The van der Waals surface area contributed by atoms with E-state index in [-0.39, 0.29) is 6.10 Å². The number of hydrogen-bond acceptors (Lipinski definition) is 2.